The molecule has 4 rings (SSSR count). The molecule has 7 heteroatoms. The number of rotatable bonds is 4. The molecule has 3 aromatic rings. The van der Waals surface area contributed by atoms with E-state index in [0.717, 1.165) is 23.2 Å². The molecule has 1 aliphatic heterocycles. The standard InChI is InChI=1S/C21H20N4O2S/c1-3-9-17(26)25-16-13-8-7-12-15(16)18-19(22-21(28-2)24-23-18)27-20(25)14-10-5-4-6-11-14/h4-8,10-13,20H,3,9H2,1-2H3. The lowest BCUT2D eigenvalue weighted by Gasteiger charge is -2.30. The van der Waals surface area contributed by atoms with Crippen LogP contribution in [0.2, 0.25) is 0 Å². The van der Waals surface area contributed by atoms with E-state index < -0.39 is 6.23 Å². The van der Waals surface area contributed by atoms with Gasteiger partial charge in [-0.3, -0.25) is 9.69 Å². The molecule has 1 unspecified atom stereocenters. The molecule has 0 saturated heterocycles. The maximum Gasteiger partial charge on any atom is 0.247 e. The Morgan fingerprint density at radius 1 is 1.11 bits per heavy atom. The lowest BCUT2D eigenvalue weighted by atomic mass is 10.1. The second-order valence-electron chi connectivity index (χ2n) is 6.36. The zero-order valence-electron chi connectivity index (χ0n) is 15.7. The maximum atomic E-state index is 13.2. The summed E-state index contributed by atoms with van der Waals surface area (Å²) >= 11 is 1.40. The SMILES string of the molecule is CCCC(=O)N1c2ccccc2-c2nnc(SC)nc2OC1c1ccccc1. The summed E-state index contributed by atoms with van der Waals surface area (Å²) in [6, 6.07) is 17.4. The van der Waals surface area contributed by atoms with Crippen LogP contribution >= 0.6 is 11.8 Å². The smallest absolute Gasteiger partial charge is 0.247 e. The molecule has 0 saturated carbocycles. The van der Waals surface area contributed by atoms with Gasteiger partial charge in [0.15, 0.2) is 5.69 Å². The minimum absolute atomic E-state index is 0.00495. The summed E-state index contributed by atoms with van der Waals surface area (Å²) in [6.45, 7) is 1.99. The van der Waals surface area contributed by atoms with Crippen molar-refractivity contribution in [1.29, 1.82) is 0 Å². The number of ether oxygens (including phenoxy) is 1. The van der Waals surface area contributed by atoms with Crippen LogP contribution < -0.4 is 9.64 Å². The zero-order valence-corrected chi connectivity index (χ0v) is 16.5. The van der Waals surface area contributed by atoms with Crippen LogP contribution in [0.1, 0.15) is 31.6 Å². The summed E-state index contributed by atoms with van der Waals surface area (Å²) in [7, 11) is 0. The average Bonchev–Trinajstić information content (AvgIpc) is 2.88. The highest BCUT2D eigenvalue weighted by Gasteiger charge is 2.35. The number of nitrogens with zero attached hydrogens (tertiary/aromatic N) is 4. The van der Waals surface area contributed by atoms with Crippen LogP contribution in [0.3, 0.4) is 0 Å². The Morgan fingerprint density at radius 2 is 1.86 bits per heavy atom. The number of carbonyl (C=O) groups excluding carboxylic acids is 1. The summed E-state index contributed by atoms with van der Waals surface area (Å²) in [4.78, 5) is 19.4. The summed E-state index contributed by atoms with van der Waals surface area (Å²) in [6.07, 6.45) is 2.43. The molecule has 0 radical (unpaired) electrons. The number of carbonyl (C=O) groups is 1. The minimum Gasteiger partial charge on any atom is -0.447 e. The fourth-order valence-corrected chi connectivity index (χ4v) is 3.54. The number of amides is 1. The van der Waals surface area contributed by atoms with E-state index in [0.29, 0.717) is 23.2 Å². The Bertz CT molecular complexity index is 997. The zero-order chi connectivity index (χ0) is 19.5. The van der Waals surface area contributed by atoms with Crippen LogP contribution in [0.5, 0.6) is 5.88 Å². The van der Waals surface area contributed by atoms with Crippen molar-refractivity contribution in [3.63, 3.8) is 0 Å². The van der Waals surface area contributed by atoms with E-state index in [4.69, 9.17) is 4.74 Å². The summed E-state index contributed by atoms with van der Waals surface area (Å²) in [5.41, 5.74) is 2.95. The lowest BCUT2D eigenvalue weighted by molar-refractivity contribution is -0.120. The molecule has 1 amide bonds. The molecule has 0 spiro atoms. The van der Waals surface area contributed by atoms with Crippen LogP contribution in [0.25, 0.3) is 11.3 Å². The highest BCUT2D eigenvalue weighted by Crippen LogP contribution is 2.43. The van der Waals surface area contributed by atoms with Crippen LogP contribution in [0.15, 0.2) is 59.8 Å². The van der Waals surface area contributed by atoms with Crippen molar-refractivity contribution in [2.45, 2.75) is 31.1 Å². The van der Waals surface area contributed by atoms with Crippen molar-refractivity contribution in [2.24, 2.45) is 0 Å². The quantitative estimate of drug-likeness (QED) is 0.610. The van der Waals surface area contributed by atoms with Gasteiger partial charge in [-0.2, -0.15) is 4.98 Å². The van der Waals surface area contributed by atoms with Gasteiger partial charge in [-0.05, 0) is 18.7 Å². The molecule has 142 valence electrons. The Morgan fingerprint density at radius 3 is 2.61 bits per heavy atom. The van der Waals surface area contributed by atoms with Gasteiger partial charge < -0.3 is 4.74 Å². The van der Waals surface area contributed by atoms with Crippen molar-refractivity contribution in [3.05, 3.63) is 60.2 Å². The molecule has 1 atom stereocenters. The van der Waals surface area contributed by atoms with Gasteiger partial charge in [-0.15, -0.1) is 10.2 Å². The van der Waals surface area contributed by atoms with Gasteiger partial charge in [0.2, 0.25) is 23.2 Å². The molecule has 1 aliphatic rings. The first-order valence-electron chi connectivity index (χ1n) is 9.14. The molecule has 1 aromatic heterocycles. The molecule has 0 N–H and O–H groups in total. The van der Waals surface area contributed by atoms with E-state index in [2.05, 4.69) is 15.2 Å². The second-order valence-corrected chi connectivity index (χ2v) is 7.14. The summed E-state index contributed by atoms with van der Waals surface area (Å²) in [5.74, 6) is 0.377. The predicted molar refractivity (Wildman–Crippen MR) is 109 cm³/mol. The third-order valence-electron chi connectivity index (χ3n) is 4.51. The van der Waals surface area contributed by atoms with Crippen molar-refractivity contribution >= 4 is 23.4 Å². The first-order chi connectivity index (χ1) is 13.7. The van der Waals surface area contributed by atoms with Crippen LogP contribution in [-0.4, -0.2) is 27.3 Å². The molecular weight excluding hydrogens is 372 g/mol. The molecule has 28 heavy (non-hydrogen) atoms. The molecule has 2 aromatic carbocycles. The van der Waals surface area contributed by atoms with Crippen LogP contribution in [0, 0.1) is 0 Å². The highest BCUT2D eigenvalue weighted by atomic mass is 32.2. The van der Waals surface area contributed by atoms with Gasteiger partial charge in [0.05, 0.1) is 5.69 Å². The van der Waals surface area contributed by atoms with Gasteiger partial charge in [-0.25, -0.2) is 0 Å². The number of hydrogen-bond acceptors (Lipinski definition) is 6. The van der Waals surface area contributed by atoms with Crippen LogP contribution in [-0.2, 0) is 4.79 Å². The Balaban J connectivity index is 1.95. The summed E-state index contributed by atoms with van der Waals surface area (Å²) in [5, 5.41) is 9.06. The number of thioether (sulfide) groups is 1. The molecule has 0 aliphatic carbocycles. The summed E-state index contributed by atoms with van der Waals surface area (Å²) < 4.78 is 6.33. The average molecular weight is 392 g/mol. The van der Waals surface area contributed by atoms with E-state index in [1.807, 2.05) is 67.8 Å². The molecule has 0 fully saturated rings. The fraction of sp³-hybridized carbons (Fsp3) is 0.238. The Hall–Kier alpha value is -2.93. The predicted octanol–water partition coefficient (Wildman–Crippen LogP) is 4.48. The maximum absolute atomic E-state index is 13.2. The number of fused-ring (bicyclic) bond motifs is 3. The van der Waals surface area contributed by atoms with Gasteiger partial charge >= 0.3 is 0 Å². The van der Waals surface area contributed by atoms with Gasteiger partial charge in [0.25, 0.3) is 0 Å². The second kappa shape index (κ2) is 7.98. The Kier molecular flexibility index (Phi) is 5.25. The number of anilines is 1. The van der Waals surface area contributed by atoms with Crippen molar-refractivity contribution in [1.82, 2.24) is 15.2 Å². The monoisotopic (exact) mass is 392 g/mol. The molecule has 0 bridgehead atoms. The van der Waals surface area contributed by atoms with E-state index in [-0.39, 0.29) is 5.91 Å². The van der Waals surface area contributed by atoms with E-state index >= 15 is 0 Å². The molecule has 6 nitrogen and oxygen atoms in total. The van der Waals surface area contributed by atoms with Crippen molar-refractivity contribution in [3.8, 4) is 17.1 Å². The first kappa shape index (κ1) is 18.4. The number of aromatic nitrogens is 3. The Labute approximate surface area is 168 Å². The largest absolute Gasteiger partial charge is 0.447 e. The number of benzene rings is 2. The lowest BCUT2D eigenvalue weighted by Crippen LogP contribution is -2.37. The number of hydrogen-bond donors (Lipinski definition) is 0. The van der Waals surface area contributed by atoms with Gasteiger partial charge in [0.1, 0.15) is 0 Å². The molecular formula is C21H20N4O2S. The van der Waals surface area contributed by atoms with Gasteiger partial charge in [-0.1, -0.05) is 67.2 Å². The molecule has 2 heterocycles. The third kappa shape index (κ3) is 3.33. The van der Waals surface area contributed by atoms with Gasteiger partial charge in [0, 0.05) is 17.5 Å². The number of para-hydroxylation sites is 1. The van der Waals surface area contributed by atoms with E-state index in [1.165, 1.54) is 11.8 Å². The minimum atomic E-state index is -0.631. The van der Waals surface area contributed by atoms with E-state index in [9.17, 15) is 4.79 Å². The van der Waals surface area contributed by atoms with Crippen molar-refractivity contribution < 1.29 is 9.53 Å². The third-order valence-corrected chi connectivity index (χ3v) is 5.05. The van der Waals surface area contributed by atoms with Crippen LogP contribution in [0.4, 0.5) is 5.69 Å². The fourth-order valence-electron chi connectivity index (χ4n) is 3.24. The van der Waals surface area contributed by atoms with Crippen molar-refractivity contribution in [2.75, 3.05) is 11.2 Å². The van der Waals surface area contributed by atoms with E-state index in [1.54, 1.807) is 4.90 Å². The first-order valence-corrected chi connectivity index (χ1v) is 10.4. The highest BCUT2D eigenvalue weighted by molar-refractivity contribution is 7.98. The normalized spacial score (nSPS) is 15.2. The topological polar surface area (TPSA) is 68.2 Å².